The standard InChI is InChI=1S/C10H15ClNOP/c1-3-12(4-2)14(11)13-10-8-6-5-7-9-10/h5-9H,3-4H2,1-2H3. The van der Waals surface area contributed by atoms with E-state index in [9.17, 15) is 0 Å². The van der Waals surface area contributed by atoms with Gasteiger partial charge in [0, 0.05) is 13.1 Å². The number of rotatable bonds is 5. The number of halogens is 1. The maximum atomic E-state index is 6.15. The van der Waals surface area contributed by atoms with Crippen LogP contribution in [0.25, 0.3) is 0 Å². The molecule has 1 atom stereocenters. The van der Waals surface area contributed by atoms with Crippen molar-refractivity contribution in [1.82, 2.24) is 4.67 Å². The first-order chi connectivity index (χ1) is 6.77. The molecule has 0 aliphatic carbocycles. The molecule has 0 fully saturated rings. The van der Waals surface area contributed by atoms with Crippen molar-refractivity contribution in [2.45, 2.75) is 13.8 Å². The summed E-state index contributed by atoms with van der Waals surface area (Å²) < 4.78 is 7.72. The number of hydrogen-bond donors (Lipinski definition) is 0. The molecule has 1 unspecified atom stereocenters. The second kappa shape index (κ2) is 6.23. The van der Waals surface area contributed by atoms with Crippen LogP contribution in [0, 0.1) is 0 Å². The summed E-state index contributed by atoms with van der Waals surface area (Å²) in [6, 6.07) is 9.68. The van der Waals surface area contributed by atoms with Crippen LogP contribution in [0.3, 0.4) is 0 Å². The minimum Gasteiger partial charge on any atom is -0.445 e. The zero-order valence-electron chi connectivity index (χ0n) is 8.48. The molecule has 0 aliphatic heterocycles. The predicted molar refractivity (Wildman–Crippen MR) is 62.8 cm³/mol. The molecule has 0 amide bonds. The van der Waals surface area contributed by atoms with Crippen molar-refractivity contribution in [2.24, 2.45) is 0 Å². The second-order valence-corrected chi connectivity index (χ2v) is 4.84. The molecule has 0 aromatic heterocycles. The van der Waals surface area contributed by atoms with Gasteiger partial charge in [-0.1, -0.05) is 32.0 Å². The summed E-state index contributed by atoms with van der Waals surface area (Å²) in [7, 11) is -1.01. The molecule has 4 heteroatoms. The van der Waals surface area contributed by atoms with Crippen molar-refractivity contribution in [1.29, 1.82) is 0 Å². The van der Waals surface area contributed by atoms with Crippen LogP contribution < -0.4 is 4.52 Å². The van der Waals surface area contributed by atoms with Gasteiger partial charge in [-0.05, 0) is 23.4 Å². The van der Waals surface area contributed by atoms with Gasteiger partial charge < -0.3 is 4.52 Å². The van der Waals surface area contributed by atoms with Gasteiger partial charge in [-0.3, -0.25) is 0 Å². The Morgan fingerprint density at radius 2 is 1.79 bits per heavy atom. The molecule has 1 rings (SSSR count). The fraction of sp³-hybridized carbons (Fsp3) is 0.400. The van der Waals surface area contributed by atoms with Crippen molar-refractivity contribution in [2.75, 3.05) is 13.1 Å². The smallest absolute Gasteiger partial charge is 0.266 e. The molecule has 0 bridgehead atoms. The molecule has 14 heavy (non-hydrogen) atoms. The van der Waals surface area contributed by atoms with Crippen molar-refractivity contribution in [3.63, 3.8) is 0 Å². The quantitative estimate of drug-likeness (QED) is 0.714. The normalized spacial score (nSPS) is 12.9. The lowest BCUT2D eigenvalue weighted by Crippen LogP contribution is -2.16. The van der Waals surface area contributed by atoms with Crippen molar-refractivity contribution >= 4 is 18.9 Å². The maximum absolute atomic E-state index is 6.15. The topological polar surface area (TPSA) is 12.5 Å². The maximum Gasteiger partial charge on any atom is 0.266 e. The molecule has 2 nitrogen and oxygen atoms in total. The molecule has 78 valence electrons. The second-order valence-electron chi connectivity index (χ2n) is 2.77. The van der Waals surface area contributed by atoms with E-state index < -0.39 is 7.65 Å². The first-order valence-corrected chi connectivity index (χ1v) is 6.83. The van der Waals surface area contributed by atoms with Crippen LogP contribution in [0.4, 0.5) is 0 Å². The Kier molecular flexibility index (Phi) is 5.24. The SMILES string of the molecule is CCN(CC)P(Cl)Oc1ccccc1. The molecule has 0 aliphatic rings. The summed E-state index contributed by atoms with van der Waals surface area (Å²) in [5.41, 5.74) is 0. The van der Waals surface area contributed by atoms with Gasteiger partial charge in [0.05, 0.1) is 0 Å². The largest absolute Gasteiger partial charge is 0.445 e. The predicted octanol–water partition coefficient (Wildman–Crippen LogP) is 3.87. The van der Waals surface area contributed by atoms with Gasteiger partial charge in [0.15, 0.2) is 0 Å². The first-order valence-electron chi connectivity index (χ1n) is 4.71. The Hall–Kier alpha value is -0.300. The van der Waals surface area contributed by atoms with E-state index in [-0.39, 0.29) is 0 Å². The first kappa shape index (κ1) is 11.8. The van der Waals surface area contributed by atoms with Crippen LogP contribution in [0.15, 0.2) is 30.3 Å². The lowest BCUT2D eigenvalue weighted by molar-refractivity contribution is 0.458. The third-order valence-corrected chi connectivity index (χ3v) is 4.10. The lowest BCUT2D eigenvalue weighted by atomic mass is 10.3. The zero-order chi connectivity index (χ0) is 10.4. The monoisotopic (exact) mass is 231 g/mol. The zero-order valence-corrected chi connectivity index (χ0v) is 10.1. The van der Waals surface area contributed by atoms with Crippen LogP contribution >= 0.6 is 18.9 Å². The molecular formula is C10H15ClNOP. The van der Waals surface area contributed by atoms with E-state index in [1.165, 1.54) is 0 Å². The average Bonchev–Trinajstić information content (AvgIpc) is 2.21. The summed E-state index contributed by atoms with van der Waals surface area (Å²) >= 11 is 6.15. The molecule has 0 spiro atoms. The Labute approximate surface area is 91.5 Å². The van der Waals surface area contributed by atoms with E-state index in [2.05, 4.69) is 18.5 Å². The van der Waals surface area contributed by atoms with E-state index in [0.717, 1.165) is 18.8 Å². The number of para-hydroxylation sites is 1. The van der Waals surface area contributed by atoms with Gasteiger partial charge in [-0.15, -0.1) is 0 Å². The summed E-state index contributed by atoms with van der Waals surface area (Å²) in [6.07, 6.45) is 0. The molecule has 0 N–H and O–H groups in total. The van der Waals surface area contributed by atoms with E-state index in [4.69, 9.17) is 15.8 Å². The summed E-state index contributed by atoms with van der Waals surface area (Å²) in [6.45, 7) is 5.99. The molecule has 1 aromatic rings. The minimum atomic E-state index is -1.01. The summed E-state index contributed by atoms with van der Waals surface area (Å²) in [5, 5.41) is 0. The molecule has 0 radical (unpaired) electrons. The highest BCUT2D eigenvalue weighted by molar-refractivity contribution is 7.78. The van der Waals surface area contributed by atoms with E-state index in [0.29, 0.717) is 0 Å². The van der Waals surface area contributed by atoms with Crippen molar-refractivity contribution in [3.8, 4) is 5.75 Å². The Balaban J connectivity index is 2.52. The fourth-order valence-electron chi connectivity index (χ4n) is 1.07. The number of hydrogen-bond acceptors (Lipinski definition) is 2. The number of nitrogens with zero attached hydrogens (tertiary/aromatic N) is 1. The van der Waals surface area contributed by atoms with Crippen LogP contribution in [0.5, 0.6) is 5.75 Å². The third-order valence-electron chi connectivity index (χ3n) is 1.88. The Bertz CT molecular complexity index is 254. The summed E-state index contributed by atoms with van der Waals surface area (Å²) in [4.78, 5) is 0. The molecule has 0 saturated heterocycles. The highest BCUT2D eigenvalue weighted by atomic mass is 35.7. The van der Waals surface area contributed by atoms with Gasteiger partial charge in [0.25, 0.3) is 7.65 Å². The molecule has 0 saturated carbocycles. The van der Waals surface area contributed by atoms with Crippen molar-refractivity contribution < 1.29 is 4.52 Å². The van der Waals surface area contributed by atoms with Gasteiger partial charge in [-0.25, -0.2) is 4.67 Å². The average molecular weight is 232 g/mol. The van der Waals surface area contributed by atoms with Crippen LogP contribution in [0.2, 0.25) is 0 Å². The van der Waals surface area contributed by atoms with Crippen LogP contribution in [0.1, 0.15) is 13.8 Å². The fourth-order valence-corrected chi connectivity index (χ4v) is 2.81. The number of benzene rings is 1. The Morgan fingerprint density at radius 1 is 1.21 bits per heavy atom. The van der Waals surface area contributed by atoms with E-state index in [1.807, 2.05) is 30.3 Å². The highest BCUT2D eigenvalue weighted by Crippen LogP contribution is 2.46. The summed E-state index contributed by atoms with van der Waals surface area (Å²) in [5.74, 6) is 0.834. The van der Waals surface area contributed by atoms with E-state index in [1.54, 1.807) is 0 Å². The van der Waals surface area contributed by atoms with Crippen molar-refractivity contribution in [3.05, 3.63) is 30.3 Å². The van der Waals surface area contributed by atoms with Crippen LogP contribution in [-0.4, -0.2) is 17.8 Å². The van der Waals surface area contributed by atoms with E-state index >= 15 is 0 Å². The Morgan fingerprint density at radius 3 is 2.29 bits per heavy atom. The van der Waals surface area contributed by atoms with Gasteiger partial charge >= 0.3 is 0 Å². The van der Waals surface area contributed by atoms with Gasteiger partial charge in [0.2, 0.25) is 0 Å². The lowest BCUT2D eigenvalue weighted by Gasteiger charge is -2.22. The van der Waals surface area contributed by atoms with Crippen LogP contribution in [-0.2, 0) is 0 Å². The molecular weight excluding hydrogens is 217 g/mol. The van der Waals surface area contributed by atoms with Gasteiger partial charge in [-0.2, -0.15) is 0 Å². The third kappa shape index (κ3) is 3.45. The molecule has 0 heterocycles. The minimum absolute atomic E-state index is 0.834. The van der Waals surface area contributed by atoms with Gasteiger partial charge in [0.1, 0.15) is 5.75 Å². The molecule has 1 aromatic carbocycles. The highest BCUT2D eigenvalue weighted by Gasteiger charge is 2.14.